The molecule has 0 saturated heterocycles. The first-order valence-electron chi connectivity index (χ1n) is 5.57. The van der Waals surface area contributed by atoms with Crippen molar-refractivity contribution in [2.24, 2.45) is 0 Å². The normalized spacial score (nSPS) is 11.0. The van der Waals surface area contributed by atoms with Crippen LogP contribution in [-0.2, 0) is 0 Å². The van der Waals surface area contributed by atoms with Crippen molar-refractivity contribution in [3.8, 4) is 11.4 Å². The van der Waals surface area contributed by atoms with Crippen LogP contribution in [0.4, 0.5) is 0 Å². The average Bonchev–Trinajstić information content (AvgIpc) is 2.81. The second kappa shape index (κ2) is 6.00. The highest BCUT2D eigenvalue weighted by Gasteiger charge is 2.02. The Morgan fingerprint density at radius 2 is 1.45 bits per heavy atom. The molecule has 104 valence electrons. The van der Waals surface area contributed by atoms with Gasteiger partial charge in [-0.3, -0.25) is 0 Å². The standard InChI is InChI=1S/C13H10N2.ClHO4/c1-2-6-10(7-3-1)13-14-11-8-4-5-9-12(11)15-13;2-1(3,4)5/h1-9H,(H,14,15);(H,2,3,4,5). The van der Waals surface area contributed by atoms with E-state index in [9.17, 15) is 0 Å². The van der Waals surface area contributed by atoms with Crippen molar-refractivity contribution in [3.63, 3.8) is 0 Å². The van der Waals surface area contributed by atoms with E-state index in [-0.39, 0.29) is 0 Å². The summed E-state index contributed by atoms with van der Waals surface area (Å²) in [6, 6.07) is 18.2. The monoisotopic (exact) mass is 294 g/mol. The summed E-state index contributed by atoms with van der Waals surface area (Å²) in [6.07, 6.45) is 0. The first-order chi connectivity index (χ1) is 9.43. The predicted molar refractivity (Wildman–Crippen MR) is 63.7 cm³/mol. The molecule has 1 heterocycles. The molecule has 0 aliphatic heterocycles. The largest absolute Gasteiger partial charge is 0.338 e. The van der Waals surface area contributed by atoms with Crippen LogP contribution in [0.15, 0.2) is 54.6 Å². The van der Waals surface area contributed by atoms with Gasteiger partial charge in [-0.1, -0.05) is 42.5 Å². The number of imidazole rings is 1. The third-order valence-electron chi connectivity index (χ3n) is 2.44. The Morgan fingerprint density at radius 1 is 0.900 bits per heavy atom. The number of hydrogen-bond donors (Lipinski definition) is 2. The number of nitrogens with zero attached hydrogens (tertiary/aromatic N) is 1. The number of aromatic nitrogens is 2. The van der Waals surface area contributed by atoms with Crippen molar-refractivity contribution in [1.82, 2.24) is 9.97 Å². The van der Waals surface area contributed by atoms with E-state index in [2.05, 4.69) is 22.1 Å². The lowest BCUT2D eigenvalue weighted by Crippen LogP contribution is -2.58. The Labute approximate surface area is 116 Å². The minimum absolute atomic E-state index is 0.928. The fourth-order valence-electron chi connectivity index (χ4n) is 1.69. The zero-order valence-electron chi connectivity index (χ0n) is 10.2. The summed E-state index contributed by atoms with van der Waals surface area (Å²) < 4.78 is 32.7. The summed E-state index contributed by atoms with van der Waals surface area (Å²) in [7, 11) is -4.69. The van der Waals surface area contributed by atoms with E-state index >= 15 is 0 Å². The topological polar surface area (TPSA) is 118 Å². The van der Waals surface area contributed by atoms with Gasteiger partial charge in [-0.05, 0) is 12.1 Å². The lowest BCUT2D eigenvalue weighted by molar-refractivity contribution is -1.92. The summed E-state index contributed by atoms with van der Waals surface area (Å²) in [5, 5.41) is 0. The third-order valence-corrected chi connectivity index (χ3v) is 2.44. The van der Waals surface area contributed by atoms with E-state index < -0.39 is 10.2 Å². The Balaban J connectivity index is 0.000000257. The maximum absolute atomic E-state index is 8.60. The molecular weight excluding hydrogens is 284 g/mol. The van der Waals surface area contributed by atoms with Crippen LogP contribution in [0.5, 0.6) is 0 Å². The summed E-state index contributed by atoms with van der Waals surface area (Å²) in [5.41, 5.74) is 3.21. The predicted octanol–water partition coefficient (Wildman–Crippen LogP) is -0.894. The van der Waals surface area contributed by atoms with Crippen molar-refractivity contribution in [2.45, 2.75) is 0 Å². The number of fused-ring (bicyclic) bond motifs is 1. The number of benzene rings is 2. The zero-order valence-corrected chi connectivity index (χ0v) is 10.9. The van der Waals surface area contributed by atoms with Gasteiger partial charge in [-0.15, -0.1) is 0 Å². The lowest BCUT2D eigenvalue weighted by atomic mass is 10.2. The number of hydrogen-bond acceptors (Lipinski definition) is 5. The fraction of sp³-hybridized carbons (Fsp3) is 0. The van der Waals surface area contributed by atoms with Crippen LogP contribution in [-0.4, -0.2) is 14.6 Å². The van der Waals surface area contributed by atoms with Gasteiger partial charge in [-0.2, -0.15) is 14.0 Å². The number of aromatic amines is 1. The molecule has 0 aliphatic rings. The summed E-state index contributed by atoms with van der Waals surface area (Å²) in [6.45, 7) is 0. The molecule has 2 aromatic carbocycles. The van der Waals surface area contributed by atoms with Gasteiger partial charge in [0.25, 0.3) is 0 Å². The van der Waals surface area contributed by atoms with Crippen molar-refractivity contribution < 1.29 is 28.9 Å². The van der Waals surface area contributed by atoms with Crippen LogP contribution >= 0.6 is 0 Å². The molecule has 2 N–H and O–H groups in total. The molecule has 3 rings (SSSR count). The van der Waals surface area contributed by atoms with Crippen molar-refractivity contribution in [2.75, 3.05) is 0 Å². The second-order valence-electron chi connectivity index (χ2n) is 3.86. The molecule has 0 aliphatic carbocycles. The van der Waals surface area contributed by atoms with Gasteiger partial charge in [0.2, 0.25) is 0 Å². The Hall–Kier alpha value is -1.96. The highest BCUT2D eigenvalue weighted by Crippen LogP contribution is 2.19. The summed E-state index contributed by atoms with van der Waals surface area (Å²) in [4.78, 5) is 7.83. The molecule has 0 bridgehead atoms. The molecule has 20 heavy (non-hydrogen) atoms. The van der Waals surface area contributed by atoms with E-state index in [4.69, 9.17) is 18.6 Å². The van der Waals surface area contributed by atoms with Gasteiger partial charge in [0, 0.05) is 5.56 Å². The molecule has 6 nitrogen and oxygen atoms in total. The molecule has 3 aromatic rings. The third kappa shape index (κ3) is 4.30. The number of H-pyrrole nitrogens is 1. The average molecular weight is 295 g/mol. The zero-order chi connectivity index (χ0) is 14.6. The van der Waals surface area contributed by atoms with Crippen molar-refractivity contribution >= 4 is 11.0 Å². The van der Waals surface area contributed by atoms with Crippen LogP contribution in [0.25, 0.3) is 22.4 Å². The molecule has 0 saturated carbocycles. The van der Waals surface area contributed by atoms with Crippen LogP contribution in [0.1, 0.15) is 0 Å². The molecule has 0 fully saturated rings. The molecule has 0 amide bonds. The minimum Gasteiger partial charge on any atom is -0.338 e. The van der Waals surface area contributed by atoms with Gasteiger partial charge < -0.3 is 4.98 Å². The Bertz CT molecular complexity index is 640. The van der Waals surface area contributed by atoms with E-state index in [0.29, 0.717) is 0 Å². The molecule has 1 aromatic heterocycles. The highest BCUT2D eigenvalue weighted by molar-refractivity contribution is 5.79. The lowest BCUT2D eigenvalue weighted by Gasteiger charge is -2.03. The van der Waals surface area contributed by atoms with Crippen molar-refractivity contribution in [1.29, 1.82) is 0 Å². The van der Waals surface area contributed by atoms with Gasteiger partial charge in [0.15, 0.2) is 0 Å². The van der Waals surface area contributed by atoms with E-state index in [1.54, 1.807) is 0 Å². The second-order valence-corrected chi connectivity index (χ2v) is 4.66. The molecular formula is C13H11ClN2O4. The number of nitrogens with one attached hydrogen (secondary N) is 1. The first-order valence-corrected chi connectivity index (χ1v) is 6.83. The van der Waals surface area contributed by atoms with Gasteiger partial charge in [0.05, 0.1) is 25.9 Å². The summed E-state index contributed by atoms with van der Waals surface area (Å²) >= 11 is 0. The van der Waals surface area contributed by atoms with E-state index in [1.807, 2.05) is 42.5 Å². The van der Waals surface area contributed by atoms with Crippen LogP contribution < -0.4 is 14.0 Å². The molecule has 0 radical (unpaired) electrons. The minimum atomic E-state index is -4.69. The first kappa shape index (κ1) is 14.4. The van der Waals surface area contributed by atoms with Crippen LogP contribution in [0.3, 0.4) is 0 Å². The fourth-order valence-corrected chi connectivity index (χ4v) is 1.69. The maximum Gasteiger partial charge on any atom is 0.138 e. The quantitative estimate of drug-likeness (QED) is 0.603. The van der Waals surface area contributed by atoms with Gasteiger partial charge in [0.1, 0.15) is 5.82 Å². The number of para-hydroxylation sites is 2. The van der Waals surface area contributed by atoms with Crippen LogP contribution in [0.2, 0.25) is 0 Å². The molecule has 0 unspecified atom stereocenters. The Morgan fingerprint density at radius 3 is 2.05 bits per heavy atom. The maximum atomic E-state index is 8.60. The van der Waals surface area contributed by atoms with Crippen molar-refractivity contribution in [3.05, 3.63) is 54.6 Å². The van der Waals surface area contributed by atoms with E-state index in [0.717, 1.165) is 22.4 Å². The van der Waals surface area contributed by atoms with Crippen LogP contribution in [0, 0.1) is 10.2 Å². The highest BCUT2D eigenvalue weighted by atomic mass is 35.7. The SMILES string of the molecule is [O-][Cl+3]([O-])([O-])O.c1ccc(-c2nc3ccccc3[nH]2)cc1. The molecule has 0 spiro atoms. The smallest absolute Gasteiger partial charge is 0.138 e. The number of rotatable bonds is 1. The summed E-state index contributed by atoms with van der Waals surface area (Å²) in [5.74, 6) is 0.928. The molecule has 7 heteroatoms. The van der Waals surface area contributed by atoms with Gasteiger partial charge in [-0.25, -0.2) is 4.98 Å². The Kier molecular flexibility index (Phi) is 4.33. The van der Waals surface area contributed by atoms with E-state index in [1.165, 1.54) is 0 Å². The van der Waals surface area contributed by atoms with Gasteiger partial charge >= 0.3 is 0 Å². The molecule has 0 atom stereocenters. The number of halogens is 1.